The fraction of sp³-hybridized carbons (Fsp3) is 0.625. The second-order valence-electron chi connectivity index (χ2n) is 3.05. The molecule has 4 nitrogen and oxygen atoms in total. The molecule has 1 aromatic heterocycles. The van der Waals surface area contributed by atoms with Crippen molar-refractivity contribution in [3.8, 4) is 0 Å². The molecule has 0 aromatic carbocycles. The molecule has 0 atom stereocenters. The molecule has 72 valence electrons. The molecule has 13 heavy (non-hydrogen) atoms. The van der Waals surface area contributed by atoms with Gasteiger partial charge in [-0.1, -0.05) is 11.3 Å². The largest absolute Gasteiger partial charge is 0.389 e. The standard InChI is InChI=1S/C8H13N3OS/c1-6-7(9)13-8(10-6)11-2-4-12-5-3-11/h2-5,9H2,1H3. The lowest BCUT2D eigenvalue weighted by atomic mass is 10.4. The van der Waals surface area contributed by atoms with E-state index in [2.05, 4.69) is 9.88 Å². The van der Waals surface area contributed by atoms with Crippen molar-refractivity contribution in [2.24, 2.45) is 0 Å². The molecular formula is C8H13N3OS. The Hall–Kier alpha value is -0.810. The van der Waals surface area contributed by atoms with Gasteiger partial charge in [-0.05, 0) is 6.92 Å². The average molecular weight is 199 g/mol. The highest BCUT2D eigenvalue weighted by Gasteiger charge is 2.15. The van der Waals surface area contributed by atoms with Gasteiger partial charge in [-0.25, -0.2) is 4.98 Å². The van der Waals surface area contributed by atoms with Crippen LogP contribution in [-0.2, 0) is 4.74 Å². The summed E-state index contributed by atoms with van der Waals surface area (Å²) in [6.45, 7) is 5.37. The minimum Gasteiger partial charge on any atom is -0.389 e. The van der Waals surface area contributed by atoms with E-state index in [1.54, 1.807) is 11.3 Å². The monoisotopic (exact) mass is 199 g/mol. The van der Waals surface area contributed by atoms with Gasteiger partial charge in [0.1, 0.15) is 5.00 Å². The molecule has 1 fully saturated rings. The van der Waals surface area contributed by atoms with E-state index in [1.807, 2.05) is 6.92 Å². The van der Waals surface area contributed by atoms with Crippen molar-refractivity contribution in [2.75, 3.05) is 36.9 Å². The van der Waals surface area contributed by atoms with Crippen molar-refractivity contribution in [3.05, 3.63) is 5.69 Å². The molecule has 0 bridgehead atoms. The molecule has 1 aliphatic heterocycles. The molecule has 2 heterocycles. The van der Waals surface area contributed by atoms with Crippen molar-refractivity contribution in [2.45, 2.75) is 6.92 Å². The van der Waals surface area contributed by atoms with Crippen molar-refractivity contribution in [1.82, 2.24) is 4.98 Å². The minimum absolute atomic E-state index is 0.790. The summed E-state index contributed by atoms with van der Waals surface area (Å²) in [5.41, 5.74) is 6.68. The van der Waals surface area contributed by atoms with Crippen LogP contribution in [0.1, 0.15) is 5.69 Å². The van der Waals surface area contributed by atoms with Crippen LogP contribution in [0, 0.1) is 6.92 Å². The molecule has 0 radical (unpaired) electrons. The number of aryl methyl sites for hydroxylation is 1. The van der Waals surface area contributed by atoms with Crippen LogP contribution in [0.15, 0.2) is 0 Å². The zero-order chi connectivity index (χ0) is 9.26. The van der Waals surface area contributed by atoms with E-state index >= 15 is 0 Å². The normalized spacial score (nSPS) is 17.8. The highest BCUT2D eigenvalue weighted by molar-refractivity contribution is 7.19. The van der Waals surface area contributed by atoms with Gasteiger partial charge in [-0.2, -0.15) is 0 Å². The van der Waals surface area contributed by atoms with Crippen LogP contribution in [0.4, 0.5) is 10.1 Å². The molecule has 2 N–H and O–H groups in total. The number of ether oxygens (including phenoxy) is 1. The summed E-state index contributed by atoms with van der Waals surface area (Å²) in [6, 6.07) is 0. The molecule has 2 rings (SSSR count). The Kier molecular flexibility index (Phi) is 2.37. The summed E-state index contributed by atoms with van der Waals surface area (Å²) < 4.78 is 5.26. The second kappa shape index (κ2) is 3.51. The molecule has 1 saturated heterocycles. The van der Waals surface area contributed by atoms with E-state index in [9.17, 15) is 0 Å². The number of nitrogens with zero attached hydrogens (tertiary/aromatic N) is 2. The first-order valence-corrected chi connectivity index (χ1v) is 5.14. The lowest BCUT2D eigenvalue weighted by Crippen LogP contribution is -2.36. The first kappa shape index (κ1) is 8.77. The number of hydrogen-bond donors (Lipinski definition) is 1. The summed E-state index contributed by atoms with van der Waals surface area (Å²) in [5.74, 6) is 0. The summed E-state index contributed by atoms with van der Waals surface area (Å²) in [6.07, 6.45) is 0. The van der Waals surface area contributed by atoms with E-state index < -0.39 is 0 Å². The molecule has 0 aliphatic carbocycles. The summed E-state index contributed by atoms with van der Waals surface area (Å²) in [7, 11) is 0. The number of aromatic nitrogens is 1. The van der Waals surface area contributed by atoms with Gasteiger partial charge in [0.05, 0.1) is 18.9 Å². The first-order chi connectivity index (χ1) is 6.27. The van der Waals surface area contributed by atoms with Gasteiger partial charge in [-0.15, -0.1) is 0 Å². The van der Waals surface area contributed by atoms with Gasteiger partial charge in [-0.3, -0.25) is 0 Å². The Morgan fingerprint density at radius 2 is 2.15 bits per heavy atom. The van der Waals surface area contributed by atoms with Gasteiger partial charge in [0, 0.05) is 13.1 Å². The molecule has 5 heteroatoms. The Morgan fingerprint density at radius 1 is 1.46 bits per heavy atom. The second-order valence-corrected chi connectivity index (χ2v) is 4.05. The molecule has 0 spiro atoms. The smallest absolute Gasteiger partial charge is 0.187 e. The molecule has 0 unspecified atom stereocenters. The van der Waals surface area contributed by atoms with E-state index in [0.717, 1.165) is 42.1 Å². The maximum absolute atomic E-state index is 5.75. The summed E-state index contributed by atoms with van der Waals surface area (Å²) in [4.78, 5) is 6.62. The fourth-order valence-corrected chi connectivity index (χ4v) is 2.17. The third-order valence-corrected chi connectivity index (χ3v) is 3.15. The summed E-state index contributed by atoms with van der Waals surface area (Å²) >= 11 is 1.56. The lowest BCUT2D eigenvalue weighted by molar-refractivity contribution is 0.122. The zero-order valence-electron chi connectivity index (χ0n) is 7.62. The molecule has 1 aromatic rings. The van der Waals surface area contributed by atoms with Gasteiger partial charge in [0.25, 0.3) is 0 Å². The van der Waals surface area contributed by atoms with Crippen LogP contribution in [0.3, 0.4) is 0 Å². The molecule has 1 aliphatic rings. The number of nitrogen functional groups attached to an aromatic ring is 1. The van der Waals surface area contributed by atoms with Gasteiger partial charge in [0.2, 0.25) is 0 Å². The van der Waals surface area contributed by atoms with Crippen LogP contribution in [0.25, 0.3) is 0 Å². The quantitative estimate of drug-likeness (QED) is 0.729. The highest BCUT2D eigenvalue weighted by atomic mass is 32.1. The minimum atomic E-state index is 0.790. The van der Waals surface area contributed by atoms with E-state index in [0.29, 0.717) is 0 Å². The van der Waals surface area contributed by atoms with Crippen LogP contribution in [0.2, 0.25) is 0 Å². The number of hydrogen-bond acceptors (Lipinski definition) is 5. The van der Waals surface area contributed by atoms with E-state index in [4.69, 9.17) is 10.5 Å². The maximum Gasteiger partial charge on any atom is 0.187 e. The maximum atomic E-state index is 5.75. The van der Waals surface area contributed by atoms with Crippen LogP contribution >= 0.6 is 11.3 Å². The van der Waals surface area contributed by atoms with Crippen molar-refractivity contribution >= 4 is 21.5 Å². The van der Waals surface area contributed by atoms with E-state index in [-0.39, 0.29) is 0 Å². The van der Waals surface area contributed by atoms with Crippen molar-refractivity contribution in [3.63, 3.8) is 0 Å². The van der Waals surface area contributed by atoms with Crippen LogP contribution in [0.5, 0.6) is 0 Å². The predicted molar refractivity (Wildman–Crippen MR) is 54.3 cm³/mol. The van der Waals surface area contributed by atoms with Gasteiger partial charge >= 0.3 is 0 Å². The Balaban J connectivity index is 2.14. The summed E-state index contributed by atoms with van der Waals surface area (Å²) in [5, 5.41) is 1.85. The first-order valence-electron chi connectivity index (χ1n) is 4.33. The molecule has 0 saturated carbocycles. The Bertz CT molecular complexity index is 274. The number of morpholine rings is 1. The zero-order valence-corrected chi connectivity index (χ0v) is 8.43. The van der Waals surface area contributed by atoms with Crippen molar-refractivity contribution in [1.29, 1.82) is 0 Å². The molecular weight excluding hydrogens is 186 g/mol. The Morgan fingerprint density at radius 3 is 2.69 bits per heavy atom. The van der Waals surface area contributed by atoms with Gasteiger partial charge < -0.3 is 15.4 Å². The van der Waals surface area contributed by atoms with Crippen molar-refractivity contribution < 1.29 is 4.74 Å². The van der Waals surface area contributed by atoms with Crippen LogP contribution < -0.4 is 10.6 Å². The number of anilines is 2. The average Bonchev–Trinajstić information content (AvgIpc) is 2.49. The lowest BCUT2D eigenvalue weighted by Gasteiger charge is -2.25. The topological polar surface area (TPSA) is 51.4 Å². The number of nitrogens with two attached hydrogens (primary N) is 1. The predicted octanol–water partition coefficient (Wildman–Crippen LogP) is 0.870. The highest BCUT2D eigenvalue weighted by Crippen LogP contribution is 2.28. The third-order valence-electron chi connectivity index (χ3n) is 2.10. The van der Waals surface area contributed by atoms with E-state index in [1.165, 1.54) is 0 Å². The van der Waals surface area contributed by atoms with Crippen LogP contribution in [-0.4, -0.2) is 31.3 Å². The number of rotatable bonds is 1. The Labute approximate surface area is 81.3 Å². The fourth-order valence-electron chi connectivity index (χ4n) is 1.28. The number of thiazole rings is 1. The SMILES string of the molecule is Cc1nc(N2CCOCC2)sc1N. The van der Waals surface area contributed by atoms with Gasteiger partial charge in [0.15, 0.2) is 5.13 Å². The third kappa shape index (κ3) is 1.76. The molecule has 0 amide bonds.